The lowest BCUT2D eigenvalue weighted by Gasteiger charge is -2.14. The van der Waals surface area contributed by atoms with Gasteiger partial charge in [-0.2, -0.15) is 0 Å². The minimum Gasteiger partial charge on any atom is -0.507 e. The average molecular weight is 402 g/mol. The van der Waals surface area contributed by atoms with Crippen molar-refractivity contribution >= 4 is 39.4 Å². The number of hydrogen-bond donors (Lipinski definition) is 2. The van der Waals surface area contributed by atoms with Gasteiger partial charge in [-0.15, -0.1) is 0 Å². The number of nitrogens with one attached hydrogen (secondary N) is 1. The number of carbonyl (C=O) groups excluding carboxylic acids is 2. The van der Waals surface area contributed by atoms with Crippen LogP contribution in [0.5, 0.6) is 5.75 Å². The van der Waals surface area contributed by atoms with Gasteiger partial charge >= 0.3 is 5.97 Å². The highest BCUT2D eigenvalue weighted by Gasteiger charge is 2.21. The Morgan fingerprint density at radius 2 is 1.70 bits per heavy atom. The van der Waals surface area contributed by atoms with Crippen molar-refractivity contribution in [3.05, 3.63) is 72.3 Å². The molecule has 1 aromatic heterocycles. The Balaban J connectivity index is 1.55. The van der Waals surface area contributed by atoms with Gasteiger partial charge in [-0.1, -0.05) is 30.3 Å². The number of carbonyl (C=O) groups is 2. The summed E-state index contributed by atoms with van der Waals surface area (Å²) >= 11 is 0. The van der Waals surface area contributed by atoms with Crippen molar-refractivity contribution in [1.82, 2.24) is 4.57 Å². The Bertz CT molecular complexity index is 1260. The fraction of sp³-hybridized carbons (Fsp3) is 0.167. The number of hydrogen-bond acceptors (Lipinski definition) is 4. The first-order valence-electron chi connectivity index (χ1n) is 9.80. The number of amides is 1. The molecule has 2 N–H and O–H groups in total. The van der Waals surface area contributed by atoms with E-state index in [0.717, 1.165) is 28.4 Å². The topological polar surface area (TPSA) is 80.6 Å². The van der Waals surface area contributed by atoms with Crippen molar-refractivity contribution in [3.8, 4) is 5.75 Å². The van der Waals surface area contributed by atoms with Gasteiger partial charge in [0.25, 0.3) is 5.91 Å². The lowest BCUT2D eigenvalue weighted by atomic mass is 10.1. The molecule has 0 radical (unpaired) electrons. The van der Waals surface area contributed by atoms with E-state index in [1.807, 2.05) is 30.3 Å². The van der Waals surface area contributed by atoms with Gasteiger partial charge in [0.15, 0.2) is 6.10 Å². The summed E-state index contributed by atoms with van der Waals surface area (Å²) in [5.74, 6) is -1.39. The Morgan fingerprint density at radius 1 is 1.00 bits per heavy atom. The highest BCUT2D eigenvalue weighted by atomic mass is 16.5. The van der Waals surface area contributed by atoms with E-state index in [4.69, 9.17) is 4.74 Å². The predicted octanol–water partition coefficient (Wildman–Crippen LogP) is 4.70. The molecule has 0 bridgehead atoms. The van der Waals surface area contributed by atoms with Crippen LogP contribution in [0.15, 0.2) is 66.7 Å². The Kier molecular flexibility index (Phi) is 5.14. The maximum Gasteiger partial charge on any atom is 0.342 e. The van der Waals surface area contributed by atoms with Gasteiger partial charge in [-0.25, -0.2) is 4.79 Å². The van der Waals surface area contributed by atoms with Crippen LogP contribution in [0.2, 0.25) is 0 Å². The number of para-hydroxylation sites is 2. The number of anilines is 1. The number of rotatable bonds is 5. The lowest BCUT2D eigenvalue weighted by molar-refractivity contribution is -0.123. The molecular formula is C24H22N2O4. The molecule has 0 unspecified atom stereocenters. The number of aryl methyl sites for hydroxylation is 1. The van der Waals surface area contributed by atoms with Gasteiger partial charge in [-0.05, 0) is 50.2 Å². The molecule has 152 valence electrons. The normalized spacial score (nSPS) is 12.1. The van der Waals surface area contributed by atoms with Gasteiger partial charge < -0.3 is 19.7 Å². The van der Waals surface area contributed by atoms with Crippen LogP contribution in [0.1, 0.15) is 24.2 Å². The molecular weight excluding hydrogens is 380 g/mol. The van der Waals surface area contributed by atoms with E-state index in [0.29, 0.717) is 5.69 Å². The van der Waals surface area contributed by atoms with Crippen molar-refractivity contribution in [1.29, 1.82) is 0 Å². The molecule has 0 saturated heterocycles. The molecule has 4 rings (SSSR count). The third kappa shape index (κ3) is 3.48. The number of aromatic nitrogens is 1. The smallest absolute Gasteiger partial charge is 0.342 e. The molecule has 0 fully saturated rings. The molecule has 1 atom stereocenters. The molecule has 6 heteroatoms. The van der Waals surface area contributed by atoms with Crippen molar-refractivity contribution in [2.45, 2.75) is 26.5 Å². The first-order valence-corrected chi connectivity index (χ1v) is 9.80. The first kappa shape index (κ1) is 19.5. The number of phenolic OH excluding ortho intramolecular Hbond substituents is 1. The summed E-state index contributed by atoms with van der Waals surface area (Å²) in [5, 5.41) is 14.7. The Morgan fingerprint density at radius 3 is 2.47 bits per heavy atom. The molecule has 4 aromatic rings. The number of nitrogens with zero attached hydrogens (tertiary/aromatic N) is 1. The quantitative estimate of drug-likeness (QED) is 0.474. The first-order chi connectivity index (χ1) is 14.5. The van der Waals surface area contributed by atoms with Gasteiger partial charge in [0.2, 0.25) is 0 Å². The van der Waals surface area contributed by atoms with Crippen molar-refractivity contribution in [2.75, 3.05) is 5.32 Å². The molecule has 0 spiro atoms. The predicted molar refractivity (Wildman–Crippen MR) is 117 cm³/mol. The third-order valence-electron chi connectivity index (χ3n) is 5.13. The zero-order valence-corrected chi connectivity index (χ0v) is 16.8. The lowest BCUT2D eigenvalue weighted by Crippen LogP contribution is -2.30. The zero-order valence-electron chi connectivity index (χ0n) is 16.8. The van der Waals surface area contributed by atoms with Gasteiger partial charge in [0.1, 0.15) is 11.3 Å². The number of phenols is 1. The largest absolute Gasteiger partial charge is 0.507 e. The number of ether oxygens (including phenoxy) is 1. The summed E-state index contributed by atoms with van der Waals surface area (Å²) in [6.45, 7) is 4.44. The maximum atomic E-state index is 12.6. The molecule has 1 amide bonds. The van der Waals surface area contributed by atoms with E-state index < -0.39 is 18.0 Å². The van der Waals surface area contributed by atoms with Gasteiger partial charge in [0.05, 0.1) is 0 Å². The summed E-state index contributed by atoms with van der Waals surface area (Å²) in [6, 6.07) is 19.9. The number of esters is 1. The second-order valence-electron chi connectivity index (χ2n) is 7.05. The molecule has 30 heavy (non-hydrogen) atoms. The van der Waals surface area contributed by atoms with Crippen LogP contribution >= 0.6 is 0 Å². The van der Waals surface area contributed by atoms with Crippen LogP contribution in [-0.4, -0.2) is 27.7 Å². The van der Waals surface area contributed by atoms with Crippen LogP contribution in [0.25, 0.3) is 21.8 Å². The Hall–Kier alpha value is -3.80. The van der Waals surface area contributed by atoms with E-state index in [-0.39, 0.29) is 11.3 Å². The van der Waals surface area contributed by atoms with Crippen LogP contribution in [-0.2, 0) is 16.1 Å². The molecule has 3 aromatic carbocycles. The molecule has 0 aliphatic heterocycles. The monoisotopic (exact) mass is 402 g/mol. The summed E-state index contributed by atoms with van der Waals surface area (Å²) in [4.78, 5) is 24.8. The average Bonchev–Trinajstić information content (AvgIpc) is 3.07. The molecule has 6 nitrogen and oxygen atoms in total. The van der Waals surface area contributed by atoms with Crippen LogP contribution in [0.4, 0.5) is 5.69 Å². The van der Waals surface area contributed by atoms with E-state index in [2.05, 4.69) is 28.9 Å². The standard InChI is InChI=1S/C24H22N2O4/c1-3-26-20-10-6-4-8-17(20)19-14-16(12-13-21(19)26)25-23(28)15(2)30-24(29)18-9-5-7-11-22(18)27/h4-15,27H,3H2,1-2H3,(H,25,28)/t15-/m0/s1. The second-order valence-corrected chi connectivity index (χ2v) is 7.05. The number of benzene rings is 3. The van der Waals surface area contributed by atoms with Crippen molar-refractivity contribution in [2.24, 2.45) is 0 Å². The highest BCUT2D eigenvalue weighted by Crippen LogP contribution is 2.31. The summed E-state index contributed by atoms with van der Waals surface area (Å²) in [5.41, 5.74) is 2.88. The molecule has 0 aliphatic rings. The van der Waals surface area contributed by atoms with Crippen molar-refractivity contribution < 1.29 is 19.4 Å². The second kappa shape index (κ2) is 7.91. The van der Waals surface area contributed by atoms with Gasteiger partial charge in [-0.3, -0.25) is 4.79 Å². The van der Waals surface area contributed by atoms with E-state index in [1.165, 1.54) is 19.1 Å². The summed E-state index contributed by atoms with van der Waals surface area (Å²) in [6.07, 6.45) is -1.02. The molecule has 0 saturated carbocycles. The van der Waals surface area contributed by atoms with Crippen LogP contribution < -0.4 is 5.32 Å². The Labute approximate surface area is 173 Å². The number of aromatic hydroxyl groups is 1. The minimum absolute atomic E-state index is 0.0194. The number of fused-ring (bicyclic) bond motifs is 3. The van der Waals surface area contributed by atoms with Crippen molar-refractivity contribution in [3.63, 3.8) is 0 Å². The van der Waals surface area contributed by atoms with E-state index in [1.54, 1.807) is 12.1 Å². The minimum atomic E-state index is -1.02. The van der Waals surface area contributed by atoms with E-state index in [9.17, 15) is 14.7 Å². The molecule has 1 heterocycles. The van der Waals surface area contributed by atoms with Crippen LogP contribution in [0, 0.1) is 0 Å². The van der Waals surface area contributed by atoms with Gasteiger partial charge in [0, 0.05) is 34.0 Å². The fourth-order valence-electron chi connectivity index (χ4n) is 3.64. The third-order valence-corrected chi connectivity index (χ3v) is 5.13. The van der Waals surface area contributed by atoms with E-state index >= 15 is 0 Å². The van der Waals surface area contributed by atoms with Crippen LogP contribution in [0.3, 0.4) is 0 Å². The maximum absolute atomic E-state index is 12.6. The summed E-state index contributed by atoms with van der Waals surface area (Å²) < 4.78 is 7.44. The SMILES string of the molecule is CCn1c2ccccc2c2cc(NC(=O)[C@H](C)OC(=O)c3ccccc3O)ccc21. The highest BCUT2D eigenvalue weighted by molar-refractivity contribution is 6.10. The summed E-state index contributed by atoms with van der Waals surface area (Å²) in [7, 11) is 0. The zero-order chi connectivity index (χ0) is 21.3. The fourth-order valence-corrected chi connectivity index (χ4v) is 3.64. The molecule has 0 aliphatic carbocycles.